The van der Waals surface area contributed by atoms with Gasteiger partial charge in [0.1, 0.15) is 17.5 Å². The largest absolute Gasteiger partial charge is 0.353 e. The predicted molar refractivity (Wildman–Crippen MR) is 85.0 cm³/mol. The van der Waals surface area contributed by atoms with Gasteiger partial charge in [-0.3, -0.25) is 0 Å². The number of rotatable bonds is 7. The number of likely N-dealkylation sites (N-methyl/N-ethyl adjacent to an activating group) is 2. The van der Waals surface area contributed by atoms with E-state index in [4.69, 9.17) is 10.8 Å². The maximum Gasteiger partial charge on any atom is 0.148 e. The maximum absolute atomic E-state index is 5.57. The summed E-state index contributed by atoms with van der Waals surface area (Å²) in [7, 11) is 4.17. The number of hydrazine groups is 1. The Bertz CT molecular complexity index is 432. The summed E-state index contributed by atoms with van der Waals surface area (Å²) in [6.07, 6.45) is 0.793. The van der Waals surface area contributed by atoms with Crippen molar-refractivity contribution in [2.24, 2.45) is 5.84 Å². The molecule has 114 valence electrons. The second-order valence-corrected chi connectivity index (χ2v) is 5.33. The number of hydrogen-bond donors (Lipinski definition) is 2. The molecule has 1 rings (SSSR count). The van der Waals surface area contributed by atoms with Crippen LogP contribution in [0.5, 0.6) is 0 Å². The van der Waals surface area contributed by atoms with E-state index >= 15 is 0 Å². The van der Waals surface area contributed by atoms with Gasteiger partial charge in [0.15, 0.2) is 0 Å². The van der Waals surface area contributed by atoms with Crippen LogP contribution in [0.2, 0.25) is 0 Å². The molecule has 0 spiro atoms. The molecule has 0 aliphatic heterocycles. The van der Waals surface area contributed by atoms with Gasteiger partial charge in [0.2, 0.25) is 0 Å². The molecule has 0 aromatic carbocycles. The van der Waals surface area contributed by atoms with Crippen LogP contribution in [0.15, 0.2) is 0 Å². The lowest BCUT2D eigenvalue weighted by atomic mass is 10.2. The van der Waals surface area contributed by atoms with Crippen molar-refractivity contribution in [3.63, 3.8) is 0 Å². The monoisotopic (exact) mass is 280 g/mol. The molecular formula is C14H28N6. The molecule has 0 bridgehead atoms. The van der Waals surface area contributed by atoms with E-state index in [0.717, 1.165) is 36.7 Å². The Morgan fingerprint density at radius 3 is 2.35 bits per heavy atom. The molecule has 1 aromatic heterocycles. The van der Waals surface area contributed by atoms with Crippen molar-refractivity contribution in [3.05, 3.63) is 11.4 Å². The summed E-state index contributed by atoms with van der Waals surface area (Å²) >= 11 is 0. The topological polar surface area (TPSA) is 70.3 Å². The first-order chi connectivity index (χ1) is 9.44. The maximum atomic E-state index is 5.57. The molecule has 0 amide bonds. The van der Waals surface area contributed by atoms with E-state index in [2.05, 4.69) is 48.2 Å². The summed E-state index contributed by atoms with van der Waals surface area (Å²) in [5.41, 5.74) is 3.68. The SMILES string of the molecule is CCc1nc(NN)c(C)c(N(CC)C(C)CN(C)C)n1. The first-order valence-electron chi connectivity index (χ1n) is 7.20. The average Bonchev–Trinajstić information content (AvgIpc) is 2.40. The molecule has 0 radical (unpaired) electrons. The van der Waals surface area contributed by atoms with Crippen molar-refractivity contribution in [3.8, 4) is 0 Å². The Balaban J connectivity index is 3.19. The van der Waals surface area contributed by atoms with E-state index in [1.807, 2.05) is 13.8 Å². The van der Waals surface area contributed by atoms with E-state index < -0.39 is 0 Å². The van der Waals surface area contributed by atoms with Gasteiger partial charge in [0, 0.05) is 31.1 Å². The van der Waals surface area contributed by atoms with Crippen LogP contribution in [-0.4, -0.2) is 48.1 Å². The summed E-state index contributed by atoms with van der Waals surface area (Å²) in [6, 6.07) is 0.374. The minimum atomic E-state index is 0.374. The highest BCUT2D eigenvalue weighted by molar-refractivity contribution is 5.58. The van der Waals surface area contributed by atoms with Gasteiger partial charge in [-0.05, 0) is 34.9 Å². The van der Waals surface area contributed by atoms with Crippen LogP contribution in [-0.2, 0) is 6.42 Å². The Morgan fingerprint density at radius 1 is 1.25 bits per heavy atom. The summed E-state index contributed by atoms with van der Waals surface area (Å²) in [6.45, 7) is 10.3. The first-order valence-corrected chi connectivity index (χ1v) is 7.20. The van der Waals surface area contributed by atoms with E-state index in [1.165, 1.54) is 0 Å². The van der Waals surface area contributed by atoms with Crippen molar-refractivity contribution in [2.45, 2.75) is 40.2 Å². The fraction of sp³-hybridized carbons (Fsp3) is 0.714. The van der Waals surface area contributed by atoms with Gasteiger partial charge in [-0.2, -0.15) is 0 Å². The highest BCUT2D eigenvalue weighted by atomic mass is 15.3. The molecule has 0 fully saturated rings. The van der Waals surface area contributed by atoms with Crippen LogP contribution in [0.4, 0.5) is 11.6 Å². The number of aryl methyl sites for hydroxylation is 1. The molecule has 0 aliphatic carbocycles. The Hall–Kier alpha value is -1.40. The number of aromatic nitrogens is 2. The molecule has 1 aromatic rings. The summed E-state index contributed by atoms with van der Waals surface area (Å²) < 4.78 is 0. The zero-order chi connectivity index (χ0) is 15.3. The normalized spacial score (nSPS) is 12.6. The lowest BCUT2D eigenvalue weighted by Gasteiger charge is -2.32. The number of nitrogen functional groups attached to an aromatic ring is 1. The molecule has 0 saturated heterocycles. The molecule has 0 saturated carbocycles. The van der Waals surface area contributed by atoms with Crippen LogP contribution >= 0.6 is 0 Å². The zero-order valence-corrected chi connectivity index (χ0v) is 13.6. The van der Waals surface area contributed by atoms with Crippen molar-refractivity contribution in [1.82, 2.24) is 14.9 Å². The summed E-state index contributed by atoms with van der Waals surface area (Å²) in [5.74, 6) is 8.07. The van der Waals surface area contributed by atoms with Gasteiger partial charge in [-0.25, -0.2) is 15.8 Å². The molecule has 0 aliphatic rings. The third-order valence-electron chi connectivity index (χ3n) is 3.39. The van der Waals surface area contributed by atoms with Gasteiger partial charge < -0.3 is 15.2 Å². The second kappa shape index (κ2) is 7.40. The van der Waals surface area contributed by atoms with E-state index in [1.54, 1.807) is 0 Å². The van der Waals surface area contributed by atoms with E-state index in [-0.39, 0.29) is 0 Å². The van der Waals surface area contributed by atoms with E-state index in [9.17, 15) is 0 Å². The lowest BCUT2D eigenvalue weighted by molar-refractivity contribution is 0.372. The Kier molecular flexibility index (Phi) is 6.16. The van der Waals surface area contributed by atoms with Crippen LogP contribution in [0.1, 0.15) is 32.2 Å². The second-order valence-electron chi connectivity index (χ2n) is 5.33. The highest BCUT2D eigenvalue weighted by Gasteiger charge is 2.20. The predicted octanol–water partition coefficient (Wildman–Crippen LogP) is 1.41. The number of anilines is 2. The number of nitrogens with zero attached hydrogens (tertiary/aromatic N) is 4. The fourth-order valence-electron chi connectivity index (χ4n) is 2.43. The Morgan fingerprint density at radius 2 is 1.90 bits per heavy atom. The van der Waals surface area contributed by atoms with Gasteiger partial charge in [-0.1, -0.05) is 6.92 Å². The molecule has 1 atom stereocenters. The molecule has 1 unspecified atom stereocenters. The minimum absolute atomic E-state index is 0.374. The van der Waals surface area contributed by atoms with Crippen LogP contribution in [0, 0.1) is 6.92 Å². The standard InChI is InChI=1S/C14H28N6/c1-7-12-16-13(18-15)11(4)14(17-12)20(8-2)10(3)9-19(5)6/h10H,7-9,15H2,1-6H3,(H,16,17,18). The summed E-state index contributed by atoms with van der Waals surface area (Å²) in [4.78, 5) is 13.6. The lowest BCUT2D eigenvalue weighted by Crippen LogP contribution is -2.41. The molecule has 6 heteroatoms. The van der Waals surface area contributed by atoms with Crippen molar-refractivity contribution < 1.29 is 0 Å². The molecular weight excluding hydrogens is 252 g/mol. The van der Waals surface area contributed by atoms with Gasteiger partial charge in [0.05, 0.1) is 0 Å². The third kappa shape index (κ3) is 3.80. The third-order valence-corrected chi connectivity index (χ3v) is 3.39. The average molecular weight is 280 g/mol. The quantitative estimate of drug-likeness (QED) is 0.581. The van der Waals surface area contributed by atoms with E-state index in [0.29, 0.717) is 11.9 Å². The van der Waals surface area contributed by atoms with Crippen molar-refractivity contribution in [2.75, 3.05) is 37.5 Å². The van der Waals surface area contributed by atoms with Gasteiger partial charge in [0.25, 0.3) is 0 Å². The van der Waals surface area contributed by atoms with Crippen molar-refractivity contribution in [1.29, 1.82) is 0 Å². The van der Waals surface area contributed by atoms with Gasteiger partial charge in [-0.15, -0.1) is 0 Å². The summed E-state index contributed by atoms with van der Waals surface area (Å²) in [5, 5.41) is 0. The van der Waals surface area contributed by atoms with Crippen LogP contribution in [0.3, 0.4) is 0 Å². The number of hydrogen-bond acceptors (Lipinski definition) is 6. The zero-order valence-electron chi connectivity index (χ0n) is 13.6. The molecule has 3 N–H and O–H groups in total. The number of nitrogens with one attached hydrogen (secondary N) is 1. The minimum Gasteiger partial charge on any atom is -0.353 e. The van der Waals surface area contributed by atoms with Crippen LogP contribution < -0.4 is 16.2 Å². The molecule has 1 heterocycles. The molecule has 20 heavy (non-hydrogen) atoms. The Labute approximate surface area is 122 Å². The highest BCUT2D eigenvalue weighted by Crippen LogP contribution is 2.25. The first kappa shape index (κ1) is 16.7. The van der Waals surface area contributed by atoms with Crippen molar-refractivity contribution >= 4 is 11.6 Å². The van der Waals surface area contributed by atoms with Crippen LogP contribution in [0.25, 0.3) is 0 Å². The molecule has 6 nitrogen and oxygen atoms in total. The smallest absolute Gasteiger partial charge is 0.148 e. The van der Waals surface area contributed by atoms with Gasteiger partial charge >= 0.3 is 0 Å². The number of nitrogens with two attached hydrogens (primary N) is 1. The fourth-order valence-corrected chi connectivity index (χ4v) is 2.43.